The highest BCUT2D eigenvalue weighted by atomic mass is 16.7. The van der Waals surface area contributed by atoms with Crippen LogP contribution in [0.3, 0.4) is 0 Å². The second-order valence-corrected chi connectivity index (χ2v) is 20.9. The van der Waals surface area contributed by atoms with Gasteiger partial charge >= 0.3 is 17.9 Å². The molecule has 0 heterocycles. The van der Waals surface area contributed by atoms with Gasteiger partial charge in [0.1, 0.15) is 13.2 Å². The minimum Gasteiger partial charge on any atom is -0.477 e. The van der Waals surface area contributed by atoms with Gasteiger partial charge in [0.05, 0.1) is 34.4 Å². The van der Waals surface area contributed by atoms with Crippen molar-refractivity contribution in [3.63, 3.8) is 0 Å². The van der Waals surface area contributed by atoms with Crippen molar-refractivity contribution in [2.45, 2.75) is 238 Å². The van der Waals surface area contributed by atoms with E-state index in [1.807, 2.05) is 21.1 Å². The molecule has 76 heavy (non-hydrogen) atoms. The van der Waals surface area contributed by atoms with Crippen LogP contribution >= 0.6 is 0 Å². The molecule has 0 amide bonds. The van der Waals surface area contributed by atoms with Gasteiger partial charge in [0.2, 0.25) is 0 Å². The molecule has 1 N–H and O–H groups in total. The number of likely N-dealkylation sites (N-methyl/N-ethyl adjacent to an activating group) is 1. The predicted molar refractivity (Wildman–Crippen MR) is 322 cm³/mol. The summed E-state index contributed by atoms with van der Waals surface area (Å²) in [4.78, 5) is 37.4. The number of quaternary nitrogens is 1. The molecule has 0 fully saturated rings. The lowest BCUT2D eigenvalue weighted by molar-refractivity contribution is -0.870. The van der Waals surface area contributed by atoms with Gasteiger partial charge in [0.15, 0.2) is 6.10 Å². The molecular weight excluding hydrogens is 947 g/mol. The molecule has 0 saturated carbocycles. The number of aliphatic carboxylic acids is 1. The topological polar surface area (TPSA) is 108 Å². The van der Waals surface area contributed by atoms with Crippen LogP contribution in [0, 0.1) is 0 Å². The molecule has 0 radical (unpaired) electrons. The summed E-state index contributed by atoms with van der Waals surface area (Å²) in [5.41, 5.74) is 0. The maximum absolute atomic E-state index is 12.9. The van der Waals surface area contributed by atoms with Gasteiger partial charge in [-0.25, -0.2) is 4.79 Å². The van der Waals surface area contributed by atoms with Crippen molar-refractivity contribution in [3.8, 4) is 0 Å². The number of nitrogens with zero attached hydrogens (tertiary/aromatic N) is 1. The highest BCUT2D eigenvalue weighted by molar-refractivity contribution is 5.71. The number of carboxylic acid groups (broad SMARTS) is 1. The first-order valence-electron chi connectivity index (χ1n) is 30.2. The predicted octanol–water partition coefficient (Wildman–Crippen LogP) is 18.1. The first kappa shape index (κ1) is 71.7. The third kappa shape index (κ3) is 57.4. The smallest absolute Gasteiger partial charge is 0.361 e. The van der Waals surface area contributed by atoms with Crippen molar-refractivity contribution in [1.29, 1.82) is 0 Å². The fourth-order valence-corrected chi connectivity index (χ4v) is 7.86. The molecule has 0 aliphatic rings. The van der Waals surface area contributed by atoms with Crippen molar-refractivity contribution in [2.24, 2.45) is 0 Å². The number of carbonyl (C=O) groups excluding carboxylic acids is 2. The Morgan fingerprint density at radius 2 is 0.750 bits per heavy atom. The number of esters is 2. The van der Waals surface area contributed by atoms with Crippen molar-refractivity contribution in [2.75, 3.05) is 47.5 Å². The maximum atomic E-state index is 12.9. The zero-order chi connectivity index (χ0) is 55.5. The first-order chi connectivity index (χ1) is 37.1. The van der Waals surface area contributed by atoms with Gasteiger partial charge in [0, 0.05) is 12.8 Å². The second kappa shape index (κ2) is 56.9. The summed E-state index contributed by atoms with van der Waals surface area (Å²) >= 11 is 0. The van der Waals surface area contributed by atoms with E-state index in [1.165, 1.54) is 83.5 Å². The number of allylic oxidation sites excluding steroid dienone is 20. The molecule has 0 saturated heterocycles. The molecule has 9 nitrogen and oxygen atoms in total. The van der Waals surface area contributed by atoms with E-state index in [2.05, 4.69) is 135 Å². The molecule has 0 aromatic rings. The molecule has 0 aliphatic carbocycles. The van der Waals surface area contributed by atoms with Crippen molar-refractivity contribution < 1.29 is 42.9 Å². The number of hydrogen-bond donors (Lipinski definition) is 1. The van der Waals surface area contributed by atoms with Gasteiger partial charge in [-0.2, -0.15) is 0 Å². The van der Waals surface area contributed by atoms with Crippen LogP contribution in [0.1, 0.15) is 226 Å². The van der Waals surface area contributed by atoms with Crippen molar-refractivity contribution in [1.82, 2.24) is 0 Å². The summed E-state index contributed by atoms with van der Waals surface area (Å²) < 4.78 is 22.8. The fourth-order valence-electron chi connectivity index (χ4n) is 7.86. The summed E-state index contributed by atoms with van der Waals surface area (Å²) in [5, 5.41) is 9.70. The molecule has 0 aliphatic heterocycles. The number of carboxylic acids is 1. The Hall–Kier alpha value is -4.31. The van der Waals surface area contributed by atoms with E-state index in [1.54, 1.807) is 0 Å². The molecule has 0 aromatic carbocycles. The lowest BCUT2D eigenvalue weighted by atomic mass is 10.0. The van der Waals surface area contributed by atoms with E-state index in [4.69, 9.17) is 18.9 Å². The highest BCUT2D eigenvalue weighted by Crippen LogP contribution is 2.15. The minimum atomic E-state index is -1.52. The van der Waals surface area contributed by atoms with Crippen LogP contribution in [0.2, 0.25) is 0 Å². The van der Waals surface area contributed by atoms with Crippen LogP contribution in [0.15, 0.2) is 122 Å². The molecule has 2 unspecified atom stereocenters. The average Bonchev–Trinajstić information content (AvgIpc) is 3.39. The standard InChI is InChI=1S/C67H111NO8/c1-6-8-10-12-14-16-18-20-22-24-25-26-27-28-29-30-31-32-33-34-35-36-37-38-39-40-41-42-44-46-48-50-52-54-56-58-65(70)76-63(62-75-67(66(71)72)73-60-59-68(3,4)5)61-74-64(69)57-55-53-51-49-47-45-43-23-21-19-17-15-13-11-9-7-2/h8,10,14,16,20,22,25-26,28-29,31-32,34-35,37-38,40-41,44,46,63,67H,6-7,9,11-13,15,17-19,21,23-24,27,30,33,36,39,42-43,45,47-62H2,1-5H3/p+1/b10-8-,16-14-,22-20-,26-25-,29-28-,32-31-,35-34-,38-37-,41-40-,46-44-. The van der Waals surface area contributed by atoms with Crippen LogP contribution < -0.4 is 0 Å². The summed E-state index contributed by atoms with van der Waals surface area (Å²) in [7, 11) is 5.95. The largest absolute Gasteiger partial charge is 0.477 e. The van der Waals surface area contributed by atoms with E-state index >= 15 is 0 Å². The molecular formula is C67H112NO8+. The third-order valence-electron chi connectivity index (χ3n) is 12.5. The molecule has 0 rings (SSSR count). The maximum Gasteiger partial charge on any atom is 0.361 e. The van der Waals surface area contributed by atoms with Crippen molar-refractivity contribution >= 4 is 17.9 Å². The summed E-state index contributed by atoms with van der Waals surface area (Å²) in [6.07, 6.45) is 77.1. The van der Waals surface area contributed by atoms with Gasteiger partial charge in [0.25, 0.3) is 6.29 Å². The molecule has 432 valence electrons. The molecule has 9 heteroatoms. The fraction of sp³-hybridized carbons (Fsp3) is 0.657. The quantitative estimate of drug-likeness (QED) is 0.0211. The molecule has 2 atom stereocenters. The summed E-state index contributed by atoms with van der Waals surface area (Å²) in [5.74, 6) is -2.05. The van der Waals surface area contributed by atoms with Gasteiger partial charge in [-0.1, -0.05) is 245 Å². The summed E-state index contributed by atoms with van der Waals surface area (Å²) in [6, 6.07) is 0. The number of hydrogen-bond acceptors (Lipinski definition) is 7. The van der Waals surface area contributed by atoms with Gasteiger partial charge in [-0.15, -0.1) is 0 Å². The lowest BCUT2D eigenvalue weighted by Crippen LogP contribution is -2.40. The Bertz CT molecular complexity index is 1660. The Morgan fingerprint density at radius 3 is 1.12 bits per heavy atom. The highest BCUT2D eigenvalue weighted by Gasteiger charge is 2.25. The lowest BCUT2D eigenvalue weighted by Gasteiger charge is -2.25. The SMILES string of the molecule is CC/C=C\C/C=C\C/C=C\C/C=C\C/C=C\C/C=C\C/C=C\C/C=C\C/C=C\C/C=C\CCCCCCC(=O)OC(COC(=O)CCCCCCCCCCCCCCCCCC)COC(OCC[N+](C)(C)C)C(=O)O. The van der Waals surface area contributed by atoms with Crippen LogP contribution in [0.4, 0.5) is 0 Å². The third-order valence-corrected chi connectivity index (χ3v) is 12.5. The van der Waals surface area contributed by atoms with E-state index in [9.17, 15) is 19.5 Å². The number of unbranched alkanes of at least 4 members (excludes halogenated alkanes) is 19. The van der Waals surface area contributed by atoms with Gasteiger partial charge in [-0.3, -0.25) is 9.59 Å². The second-order valence-electron chi connectivity index (χ2n) is 20.9. The number of carbonyl (C=O) groups is 3. The normalized spacial score (nSPS) is 13.6. The van der Waals surface area contributed by atoms with E-state index in [-0.39, 0.29) is 32.2 Å². The Morgan fingerprint density at radius 1 is 0.408 bits per heavy atom. The van der Waals surface area contributed by atoms with Crippen LogP contribution in [0.5, 0.6) is 0 Å². The van der Waals surface area contributed by atoms with Crippen LogP contribution in [-0.2, 0) is 33.3 Å². The summed E-state index contributed by atoms with van der Waals surface area (Å²) in [6.45, 7) is 4.73. The van der Waals surface area contributed by atoms with E-state index in [0.717, 1.165) is 109 Å². The monoisotopic (exact) mass is 1060 g/mol. The van der Waals surface area contributed by atoms with Crippen LogP contribution in [-0.4, -0.2) is 87.4 Å². The Labute approximate surface area is 466 Å². The Balaban J connectivity index is 4.29. The van der Waals surface area contributed by atoms with E-state index < -0.39 is 24.3 Å². The molecule has 0 aromatic heterocycles. The molecule has 0 bridgehead atoms. The van der Waals surface area contributed by atoms with Gasteiger partial charge in [-0.05, 0) is 89.9 Å². The number of rotatable bonds is 54. The Kier molecular flexibility index (Phi) is 53.7. The average molecular weight is 1060 g/mol. The van der Waals surface area contributed by atoms with Crippen molar-refractivity contribution in [3.05, 3.63) is 122 Å². The van der Waals surface area contributed by atoms with Gasteiger partial charge < -0.3 is 28.5 Å². The first-order valence-corrected chi connectivity index (χ1v) is 30.2. The zero-order valence-corrected chi connectivity index (χ0v) is 49.1. The van der Waals surface area contributed by atoms with Crippen LogP contribution in [0.25, 0.3) is 0 Å². The van der Waals surface area contributed by atoms with E-state index in [0.29, 0.717) is 23.9 Å². The molecule has 0 spiro atoms. The minimum absolute atomic E-state index is 0.177. The zero-order valence-electron chi connectivity index (χ0n) is 49.1. The number of ether oxygens (including phenoxy) is 4.